The van der Waals surface area contributed by atoms with E-state index in [1.807, 2.05) is 207 Å². The molecule has 0 spiro atoms. The molecule has 2 aromatic heterocycles. The number of esters is 2. The lowest BCUT2D eigenvalue weighted by Crippen LogP contribution is -2.44. The number of aromatic nitrogens is 2. The van der Waals surface area contributed by atoms with Gasteiger partial charge in [0.15, 0.2) is 0 Å². The van der Waals surface area contributed by atoms with Crippen molar-refractivity contribution in [2.75, 3.05) is 18.9 Å². The highest BCUT2D eigenvalue weighted by Gasteiger charge is 2.65. The van der Waals surface area contributed by atoms with Gasteiger partial charge < -0.3 is 65.5 Å². The van der Waals surface area contributed by atoms with Crippen LogP contribution in [0, 0.1) is 0 Å². The molecule has 666 valence electrons. The molecule has 5 fully saturated rings. The van der Waals surface area contributed by atoms with Crippen LogP contribution >= 0.6 is 47.8 Å². The molecular weight excluding hydrogens is 1770 g/mol. The van der Waals surface area contributed by atoms with Gasteiger partial charge in [0.2, 0.25) is 11.8 Å². The van der Waals surface area contributed by atoms with Crippen molar-refractivity contribution >= 4 is 150 Å². The van der Waals surface area contributed by atoms with Gasteiger partial charge in [-0.3, -0.25) is 23.7 Å². The Hall–Kier alpha value is -7.20. The molecule has 5 saturated heterocycles. The fourth-order valence-electron chi connectivity index (χ4n) is 15.3. The lowest BCUT2D eigenvalue weighted by atomic mass is 9.49. The maximum Gasteiger partial charge on any atom is 0.488 e. The number of rotatable bonds is 8. The Morgan fingerprint density at radius 2 is 0.608 bits per heavy atom. The molecule has 125 heavy (non-hydrogen) atoms. The van der Waals surface area contributed by atoms with Crippen molar-refractivity contribution in [3.05, 3.63) is 213 Å². The summed E-state index contributed by atoms with van der Waals surface area (Å²) in [5, 5.41) is 4.23. The van der Waals surface area contributed by atoms with Crippen molar-refractivity contribution in [2.24, 2.45) is 0 Å². The Balaban J connectivity index is 0.000000157. The van der Waals surface area contributed by atoms with Crippen LogP contribution in [0.3, 0.4) is 0 Å². The quantitative estimate of drug-likeness (QED) is 0.0792. The first-order valence-corrected chi connectivity index (χ1v) is 46.2. The number of ether oxygens (including phenoxy) is 2. The van der Waals surface area contributed by atoms with Crippen LogP contribution in [0.5, 0.6) is 0 Å². The standard InChI is InChI=1S/C26H31BrN2O5.C14H10BrNO.2C13H10.2C12H24B2O4.C7H15BO2.CH3Br/c1-25(2,3)33-23(31)15-28(16-24(32)34-26(4,5)6)22(30)14-29-20-10-8-7-9-18(20)19-13-17(27)11-12-21(19)29;1-9(17)16-13-5-3-2-4-11(13)12-8-10(15)6-7-14(12)16;2*1-3-7-12-10(5-1)9-11-6-2-4-8-13(11)12;2*1-9(2)10(3,4)16-13(15-9)14-17-11(5,6)12(7,8)18-14;1-6(2)7(3,4)10-8(5)9-6;1-2/h7-13H,14-16H2,1-6H3;2-8H,1H3;2*1-8H,9H2;2*1-8H3;1-5H3;1H3. The number of hydrogen-bond acceptors (Lipinski definition) is 16. The molecule has 5 aliphatic heterocycles. The van der Waals surface area contributed by atoms with Crippen molar-refractivity contribution < 1.29 is 75.2 Å². The van der Waals surface area contributed by atoms with Gasteiger partial charge in [-0.05, 0) is 299 Å². The molecule has 10 aromatic rings. The highest BCUT2D eigenvalue weighted by atomic mass is 79.9. The topological polar surface area (TPSA) is 192 Å². The Morgan fingerprint density at radius 3 is 0.904 bits per heavy atom. The van der Waals surface area contributed by atoms with Gasteiger partial charge in [0.25, 0.3) is 0 Å². The number of benzene rings is 8. The Kier molecular flexibility index (Phi) is 30.8. The van der Waals surface area contributed by atoms with Crippen molar-refractivity contribution in [3.63, 3.8) is 0 Å². The summed E-state index contributed by atoms with van der Waals surface area (Å²) >= 11 is 9.92. The van der Waals surface area contributed by atoms with E-state index < -0.39 is 51.2 Å². The summed E-state index contributed by atoms with van der Waals surface area (Å²) < 4.78 is 75.2. The van der Waals surface area contributed by atoms with Gasteiger partial charge in [-0.1, -0.05) is 181 Å². The largest absolute Gasteiger partial charge is 0.488 e. The fourth-order valence-corrected chi connectivity index (χ4v) is 16.0. The maximum absolute atomic E-state index is 13.4. The second-order valence-corrected chi connectivity index (χ2v) is 41.4. The molecular formula is C98H127B5Br3N3O16. The first kappa shape index (κ1) is 100.0. The highest BCUT2D eigenvalue weighted by molar-refractivity contribution is 9.10. The van der Waals surface area contributed by atoms with Gasteiger partial charge >= 0.3 is 47.1 Å². The number of amides is 1. The molecule has 0 N–H and O–H groups in total. The van der Waals surface area contributed by atoms with Crippen LogP contribution < -0.4 is 0 Å². The Bertz CT molecular complexity index is 5110. The number of fused-ring (bicyclic) bond motifs is 12. The average molecular weight is 1900 g/mol. The average Bonchev–Trinajstić information content (AvgIpc) is 1.60. The molecule has 2 aliphatic carbocycles. The van der Waals surface area contributed by atoms with Crippen molar-refractivity contribution in [3.8, 4) is 22.3 Å². The van der Waals surface area contributed by atoms with E-state index in [9.17, 15) is 19.2 Å². The number of hydrogen-bond donors (Lipinski definition) is 0. The summed E-state index contributed by atoms with van der Waals surface area (Å²) in [5.74, 6) is 0.291. The Labute approximate surface area is 768 Å². The van der Waals surface area contributed by atoms with Gasteiger partial charge in [-0.2, -0.15) is 0 Å². The second-order valence-electron chi connectivity index (χ2n) is 39.5. The zero-order valence-electron chi connectivity index (χ0n) is 78.8. The van der Waals surface area contributed by atoms with Crippen molar-refractivity contribution in [2.45, 2.75) is 280 Å². The molecule has 1 amide bonds. The highest BCUT2D eigenvalue weighted by Crippen LogP contribution is 2.47. The van der Waals surface area contributed by atoms with E-state index in [4.69, 9.17) is 56.0 Å². The summed E-state index contributed by atoms with van der Waals surface area (Å²) in [5.41, 5.74) is 10.6. The maximum atomic E-state index is 13.4. The van der Waals surface area contributed by atoms with Gasteiger partial charge in [0.05, 0.1) is 67.0 Å². The summed E-state index contributed by atoms with van der Waals surface area (Å²) in [6.07, 6.45) is 2.21. The molecule has 17 rings (SSSR count). The van der Waals surface area contributed by atoms with E-state index in [0.717, 1.165) is 65.4 Å². The number of nitrogens with zero attached hydrogens (tertiary/aromatic N) is 3. The lowest BCUT2D eigenvalue weighted by molar-refractivity contribution is -0.164. The van der Waals surface area contributed by atoms with E-state index in [1.165, 1.54) is 49.4 Å². The zero-order chi connectivity index (χ0) is 92.6. The van der Waals surface area contributed by atoms with E-state index in [0.29, 0.717) is 0 Å². The fraction of sp³-hybridized carbons (Fsp3) is 0.469. The summed E-state index contributed by atoms with van der Waals surface area (Å²) in [4.78, 5) is 51.5. The first-order valence-electron chi connectivity index (χ1n) is 43.0. The normalized spacial score (nSPS) is 19.0. The predicted molar refractivity (Wildman–Crippen MR) is 519 cm³/mol. The third-order valence-electron chi connectivity index (χ3n) is 25.1. The molecule has 7 heterocycles. The van der Waals surface area contributed by atoms with Crippen LogP contribution in [0.25, 0.3) is 65.9 Å². The minimum absolute atomic E-state index is 0.0403. The van der Waals surface area contributed by atoms with Crippen LogP contribution in [0.15, 0.2) is 191 Å². The van der Waals surface area contributed by atoms with Gasteiger partial charge in [0.1, 0.15) is 30.8 Å². The van der Waals surface area contributed by atoms with Gasteiger partial charge in [-0.15, -0.1) is 0 Å². The number of halogens is 3. The second kappa shape index (κ2) is 38.5. The molecule has 0 bridgehead atoms. The van der Waals surface area contributed by atoms with Crippen LogP contribution in [0.4, 0.5) is 0 Å². The molecule has 0 saturated carbocycles. The molecule has 8 aromatic carbocycles. The predicted octanol–water partition coefficient (Wildman–Crippen LogP) is 23.0. The smallest absolute Gasteiger partial charge is 0.459 e. The van der Waals surface area contributed by atoms with Gasteiger partial charge in [0, 0.05) is 48.4 Å². The van der Waals surface area contributed by atoms with Gasteiger partial charge in [-0.25, -0.2) is 0 Å². The third-order valence-corrected chi connectivity index (χ3v) is 26.1. The van der Waals surface area contributed by atoms with Crippen molar-refractivity contribution in [1.82, 2.24) is 14.0 Å². The SMILES string of the molecule is CB1OC(C)(C)C(C)(C)O1.CBr.CC(=O)n1c2ccccc2c2cc(Br)ccc21.CC(C)(C)OC(=O)CN(CC(=O)OC(C)(C)C)C(=O)Cn1c2ccccc2c2cc(Br)ccc21.CC1(C)OB(B2OC(C)(C)C(C)(C)O2)OC1(C)C.CC1(C)OB(B2OC(C)(C)C(C)(C)O2)OC1(C)C.c1ccc2c(c1)Cc1ccccc1-2.c1ccc2c(c1)Cc1ccccc1-2. The lowest BCUT2D eigenvalue weighted by Gasteiger charge is -2.32. The number of para-hydroxylation sites is 2. The number of carbonyl (C=O) groups excluding carboxylic acids is 4. The molecule has 0 atom stereocenters. The number of carbonyl (C=O) groups is 4. The van der Waals surface area contributed by atoms with Crippen LogP contribution in [-0.2, 0) is 89.8 Å². The van der Waals surface area contributed by atoms with Crippen LogP contribution in [-0.4, -0.2) is 159 Å². The summed E-state index contributed by atoms with van der Waals surface area (Å²) in [6.45, 7) is 53.9. The molecule has 0 radical (unpaired) electrons. The van der Waals surface area contributed by atoms with Crippen LogP contribution in [0.1, 0.15) is 214 Å². The molecule has 0 unspecified atom stereocenters. The van der Waals surface area contributed by atoms with E-state index in [1.54, 1.807) is 53.0 Å². The summed E-state index contributed by atoms with van der Waals surface area (Å²) in [7, 11) is -1.97. The zero-order valence-corrected chi connectivity index (χ0v) is 83.5. The monoisotopic (exact) mass is 1890 g/mol. The summed E-state index contributed by atoms with van der Waals surface area (Å²) in [6, 6.07) is 62.3. The Morgan fingerprint density at radius 1 is 0.360 bits per heavy atom. The van der Waals surface area contributed by atoms with Crippen molar-refractivity contribution in [1.29, 1.82) is 0 Å². The van der Waals surface area contributed by atoms with E-state index in [-0.39, 0.29) is 94.6 Å². The minimum atomic E-state index is -0.710. The number of alkyl halides is 1. The molecule has 19 nitrogen and oxygen atoms in total. The third kappa shape index (κ3) is 23.2. The van der Waals surface area contributed by atoms with Crippen LogP contribution in [0.2, 0.25) is 6.82 Å². The molecule has 7 aliphatic rings. The minimum Gasteiger partial charge on any atom is -0.459 e. The van der Waals surface area contributed by atoms with E-state index in [2.05, 4.69) is 179 Å². The molecule has 27 heteroatoms. The van der Waals surface area contributed by atoms with E-state index >= 15 is 0 Å². The first-order chi connectivity index (χ1) is 57.9.